The fourth-order valence-corrected chi connectivity index (χ4v) is 2.30. The summed E-state index contributed by atoms with van der Waals surface area (Å²) in [5, 5.41) is 8.94. The van der Waals surface area contributed by atoms with E-state index in [1.165, 1.54) is 11.1 Å². The van der Waals surface area contributed by atoms with Crippen LogP contribution in [0.15, 0.2) is 18.2 Å². The summed E-state index contributed by atoms with van der Waals surface area (Å²) in [6.07, 6.45) is 0.709. The molecule has 1 aromatic rings. The minimum absolute atomic E-state index is 0.144. The molecule has 1 heterocycles. The van der Waals surface area contributed by atoms with E-state index in [0.717, 1.165) is 5.69 Å². The number of aliphatic carboxylic acids is 1. The highest BCUT2D eigenvalue weighted by Crippen LogP contribution is 2.32. The van der Waals surface area contributed by atoms with Gasteiger partial charge in [-0.2, -0.15) is 0 Å². The fourth-order valence-electron chi connectivity index (χ4n) is 2.30. The molecular weight excluding hydrogens is 204 g/mol. The Bertz CT molecular complexity index is 431. The maximum absolute atomic E-state index is 10.9. The maximum Gasteiger partial charge on any atom is 0.322 e. The number of carbonyl (C=O) groups is 1. The lowest BCUT2D eigenvalue weighted by molar-refractivity contribution is -0.138. The van der Waals surface area contributed by atoms with Gasteiger partial charge in [-0.3, -0.25) is 4.79 Å². The van der Waals surface area contributed by atoms with Crippen LogP contribution < -0.4 is 10.6 Å². The van der Waals surface area contributed by atoms with Crippen LogP contribution in [0.3, 0.4) is 0 Å². The standard InChI is InChI=1S/C12H16N2O2/c1-7-3-4-9-8(5-7)6-10(14(9)2)11(13)12(15)16/h3-5,10-11H,6,13H2,1-2H3,(H,15,16). The van der Waals surface area contributed by atoms with Crippen LogP contribution in [0.25, 0.3) is 0 Å². The molecule has 2 atom stereocenters. The number of benzene rings is 1. The Labute approximate surface area is 94.7 Å². The predicted octanol–water partition coefficient (Wildman–Crippen LogP) is 0.768. The van der Waals surface area contributed by atoms with Crippen molar-refractivity contribution in [2.45, 2.75) is 25.4 Å². The summed E-state index contributed by atoms with van der Waals surface area (Å²) in [6.45, 7) is 2.03. The van der Waals surface area contributed by atoms with Gasteiger partial charge in [0.15, 0.2) is 0 Å². The Kier molecular flexibility index (Phi) is 2.59. The van der Waals surface area contributed by atoms with Crippen molar-refractivity contribution in [3.8, 4) is 0 Å². The molecule has 1 aliphatic rings. The average molecular weight is 220 g/mol. The first kappa shape index (κ1) is 11.0. The van der Waals surface area contributed by atoms with Crippen molar-refractivity contribution in [3.05, 3.63) is 29.3 Å². The minimum atomic E-state index is -0.943. The number of rotatable bonds is 2. The summed E-state index contributed by atoms with van der Waals surface area (Å²) in [6, 6.07) is 5.18. The number of carboxylic acid groups (broad SMARTS) is 1. The Morgan fingerprint density at radius 2 is 2.31 bits per heavy atom. The van der Waals surface area contributed by atoms with Crippen molar-refractivity contribution in [2.75, 3.05) is 11.9 Å². The second kappa shape index (κ2) is 3.79. The van der Waals surface area contributed by atoms with Crippen LogP contribution in [0, 0.1) is 6.92 Å². The third-order valence-electron chi connectivity index (χ3n) is 3.24. The number of hydrogen-bond donors (Lipinski definition) is 2. The molecule has 0 fully saturated rings. The first-order chi connectivity index (χ1) is 7.50. The number of nitrogens with zero attached hydrogens (tertiary/aromatic N) is 1. The molecule has 16 heavy (non-hydrogen) atoms. The molecule has 2 unspecified atom stereocenters. The zero-order valence-electron chi connectivity index (χ0n) is 9.47. The fraction of sp³-hybridized carbons (Fsp3) is 0.417. The van der Waals surface area contributed by atoms with Gasteiger partial charge in [-0.05, 0) is 25.0 Å². The van der Waals surface area contributed by atoms with E-state index in [-0.39, 0.29) is 6.04 Å². The number of aryl methyl sites for hydroxylation is 1. The first-order valence-corrected chi connectivity index (χ1v) is 5.31. The number of nitrogens with two attached hydrogens (primary N) is 1. The lowest BCUT2D eigenvalue weighted by Gasteiger charge is -2.25. The van der Waals surface area contributed by atoms with Crippen molar-refractivity contribution < 1.29 is 9.90 Å². The summed E-state index contributed by atoms with van der Waals surface area (Å²) in [5.41, 5.74) is 9.15. The molecule has 0 saturated heterocycles. The molecule has 0 bridgehead atoms. The molecule has 0 saturated carbocycles. The van der Waals surface area contributed by atoms with Crippen molar-refractivity contribution in [3.63, 3.8) is 0 Å². The Morgan fingerprint density at radius 3 is 2.94 bits per heavy atom. The van der Waals surface area contributed by atoms with Crippen molar-refractivity contribution in [1.82, 2.24) is 0 Å². The van der Waals surface area contributed by atoms with Gasteiger partial charge in [0, 0.05) is 12.7 Å². The Hall–Kier alpha value is -1.55. The monoisotopic (exact) mass is 220 g/mol. The summed E-state index contributed by atoms with van der Waals surface area (Å²) in [5.74, 6) is -0.943. The molecule has 0 radical (unpaired) electrons. The van der Waals surface area contributed by atoms with E-state index < -0.39 is 12.0 Å². The van der Waals surface area contributed by atoms with Crippen LogP contribution in [-0.2, 0) is 11.2 Å². The number of fused-ring (bicyclic) bond motifs is 1. The van der Waals surface area contributed by atoms with Crippen molar-refractivity contribution in [2.24, 2.45) is 5.73 Å². The second-order valence-corrected chi connectivity index (χ2v) is 4.38. The molecular formula is C12H16N2O2. The topological polar surface area (TPSA) is 66.6 Å². The molecule has 1 aliphatic heterocycles. The quantitative estimate of drug-likeness (QED) is 0.772. The van der Waals surface area contributed by atoms with Crippen LogP contribution in [0.1, 0.15) is 11.1 Å². The van der Waals surface area contributed by atoms with Gasteiger partial charge in [-0.1, -0.05) is 17.7 Å². The van der Waals surface area contributed by atoms with Gasteiger partial charge < -0.3 is 15.7 Å². The number of anilines is 1. The van der Waals surface area contributed by atoms with Gasteiger partial charge in [0.05, 0.1) is 6.04 Å². The van der Waals surface area contributed by atoms with E-state index in [0.29, 0.717) is 6.42 Å². The molecule has 3 N–H and O–H groups in total. The Balaban J connectivity index is 2.30. The second-order valence-electron chi connectivity index (χ2n) is 4.38. The lowest BCUT2D eigenvalue weighted by Crippen LogP contribution is -2.49. The van der Waals surface area contributed by atoms with E-state index >= 15 is 0 Å². The summed E-state index contributed by atoms with van der Waals surface area (Å²) in [4.78, 5) is 12.9. The smallest absolute Gasteiger partial charge is 0.322 e. The minimum Gasteiger partial charge on any atom is -0.480 e. The largest absolute Gasteiger partial charge is 0.480 e. The molecule has 4 heteroatoms. The highest BCUT2D eigenvalue weighted by molar-refractivity contribution is 5.76. The van der Waals surface area contributed by atoms with Crippen LogP contribution in [0.5, 0.6) is 0 Å². The van der Waals surface area contributed by atoms with Gasteiger partial charge >= 0.3 is 5.97 Å². The van der Waals surface area contributed by atoms with Crippen molar-refractivity contribution in [1.29, 1.82) is 0 Å². The van der Waals surface area contributed by atoms with Gasteiger partial charge in [-0.25, -0.2) is 0 Å². The van der Waals surface area contributed by atoms with Crippen LogP contribution in [-0.4, -0.2) is 30.2 Å². The molecule has 0 aromatic heterocycles. The number of carboxylic acids is 1. The van der Waals surface area contributed by atoms with E-state index in [1.807, 2.05) is 31.0 Å². The highest BCUT2D eigenvalue weighted by atomic mass is 16.4. The van der Waals surface area contributed by atoms with Crippen LogP contribution >= 0.6 is 0 Å². The first-order valence-electron chi connectivity index (χ1n) is 5.31. The van der Waals surface area contributed by atoms with E-state index in [1.54, 1.807) is 0 Å². The zero-order valence-corrected chi connectivity index (χ0v) is 9.47. The molecule has 2 rings (SSSR count). The van der Waals surface area contributed by atoms with E-state index in [9.17, 15) is 4.79 Å². The molecule has 1 aromatic carbocycles. The Morgan fingerprint density at radius 1 is 1.62 bits per heavy atom. The molecule has 86 valence electrons. The van der Waals surface area contributed by atoms with Gasteiger partial charge in [0.1, 0.15) is 6.04 Å². The third-order valence-corrected chi connectivity index (χ3v) is 3.24. The number of likely N-dealkylation sites (N-methyl/N-ethyl adjacent to an activating group) is 1. The highest BCUT2D eigenvalue weighted by Gasteiger charge is 2.34. The summed E-state index contributed by atoms with van der Waals surface area (Å²) >= 11 is 0. The van der Waals surface area contributed by atoms with E-state index in [2.05, 4.69) is 6.07 Å². The third kappa shape index (κ3) is 1.65. The van der Waals surface area contributed by atoms with Gasteiger partial charge in [-0.15, -0.1) is 0 Å². The summed E-state index contributed by atoms with van der Waals surface area (Å²) < 4.78 is 0. The lowest BCUT2D eigenvalue weighted by atomic mass is 10.0. The normalized spacial score (nSPS) is 20.7. The predicted molar refractivity (Wildman–Crippen MR) is 62.7 cm³/mol. The average Bonchev–Trinajstić information content (AvgIpc) is 2.54. The molecule has 0 aliphatic carbocycles. The zero-order chi connectivity index (χ0) is 11.9. The van der Waals surface area contributed by atoms with Crippen LogP contribution in [0.2, 0.25) is 0 Å². The van der Waals surface area contributed by atoms with Gasteiger partial charge in [0.25, 0.3) is 0 Å². The molecule has 4 nitrogen and oxygen atoms in total. The summed E-state index contributed by atoms with van der Waals surface area (Å²) in [7, 11) is 1.90. The van der Waals surface area contributed by atoms with Crippen molar-refractivity contribution >= 4 is 11.7 Å². The van der Waals surface area contributed by atoms with Crippen LogP contribution in [0.4, 0.5) is 5.69 Å². The molecule has 0 amide bonds. The van der Waals surface area contributed by atoms with Gasteiger partial charge in [0.2, 0.25) is 0 Å². The van der Waals surface area contributed by atoms with E-state index in [4.69, 9.17) is 10.8 Å². The number of hydrogen-bond acceptors (Lipinski definition) is 3. The maximum atomic E-state index is 10.9. The molecule has 0 spiro atoms. The SMILES string of the molecule is Cc1ccc2c(c1)CC(C(N)C(=O)O)N2C.